The van der Waals surface area contributed by atoms with Crippen LogP contribution in [-0.2, 0) is 17.8 Å². The Morgan fingerprint density at radius 1 is 1.17 bits per heavy atom. The molecule has 0 aromatic heterocycles. The first-order valence-corrected chi connectivity index (χ1v) is 8.32. The monoisotopic (exact) mass is 329 g/mol. The standard InChI is InChI=1S/C18H19NO3S/c1-21-14-8-7-12(9-15(14)22-2)11-19-18(20)17-10-13-5-3-4-6-16(13)23-17/h3-9,17H,10-11H2,1-2H3,(H,19,20)/t17-/m1/s1. The average molecular weight is 329 g/mol. The van der Waals surface area contributed by atoms with Gasteiger partial charge >= 0.3 is 0 Å². The SMILES string of the molecule is COc1ccc(CNC(=O)[C@H]2Cc3ccccc3S2)cc1OC. The molecule has 2 aromatic carbocycles. The Morgan fingerprint density at radius 3 is 2.70 bits per heavy atom. The van der Waals surface area contributed by atoms with E-state index >= 15 is 0 Å². The van der Waals surface area contributed by atoms with Crippen LogP contribution >= 0.6 is 11.8 Å². The summed E-state index contributed by atoms with van der Waals surface area (Å²) in [6.45, 7) is 0.479. The van der Waals surface area contributed by atoms with Gasteiger partial charge in [-0.3, -0.25) is 4.79 Å². The molecule has 23 heavy (non-hydrogen) atoms. The average Bonchev–Trinajstić information content (AvgIpc) is 3.03. The van der Waals surface area contributed by atoms with E-state index in [2.05, 4.69) is 17.4 Å². The summed E-state index contributed by atoms with van der Waals surface area (Å²) >= 11 is 1.64. The molecule has 1 atom stereocenters. The molecule has 1 aliphatic rings. The second-order valence-corrected chi connectivity index (χ2v) is 6.57. The number of carbonyl (C=O) groups excluding carboxylic acids is 1. The number of hydrogen-bond acceptors (Lipinski definition) is 4. The summed E-state index contributed by atoms with van der Waals surface area (Å²) in [6.07, 6.45) is 0.790. The molecule has 0 radical (unpaired) electrons. The van der Waals surface area contributed by atoms with E-state index in [9.17, 15) is 4.79 Å². The van der Waals surface area contributed by atoms with Crippen LogP contribution in [0.15, 0.2) is 47.4 Å². The fourth-order valence-electron chi connectivity index (χ4n) is 2.62. The molecular weight excluding hydrogens is 310 g/mol. The lowest BCUT2D eigenvalue weighted by Crippen LogP contribution is -2.31. The van der Waals surface area contributed by atoms with Crippen LogP contribution in [0.1, 0.15) is 11.1 Å². The minimum Gasteiger partial charge on any atom is -0.493 e. The van der Waals surface area contributed by atoms with E-state index in [0.717, 1.165) is 12.0 Å². The predicted molar refractivity (Wildman–Crippen MR) is 91.2 cm³/mol. The van der Waals surface area contributed by atoms with Crippen LogP contribution in [0.5, 0.6) is 11.5 Å². The minimum atomic E-state index is -0.0486. The predicted octanol–water partition coefficient (Wildman–Crippen LogP) is 3.04. The lowest BCUT2D eigenvalue weighted by atomic mass is 10.1. The number of hydrogen-bond donors (Lipinski definition) is 1. The van der Waals surface area contributed by atoms with E-state index in [1.165, 1.54) is 10.5 Å². The molecule has 0 saturated carbocycles. The topological polar surface area (TPSA) is 47.6 Å². The van der Waals surface area contributed by atoms with Gasteiger partial charge in [0.2, 0.25) is 5.91 Å². The first kappa shape index (κ1) is 15.7. The zero-order valence-electron chi connectivity index (χ0n) is 13.2. The summed E-state index contributed by atoms with van der Waals surface area (Å²) < 4.78 is 10.5. The summed E-state index contributed by atoms with van der Waals surface area (Å²) in [6, 6.07) is 13.8. The van der Waals surface area contributed by atoms with Crippen LogP contribution in [0.3, 0.4) is 0 Å². The molecule has 5 heteroatoms. The second kappa shape index (κ2) is 6.96. The van der Waals surface area contributed by atoms with Crippen LogP contribution in [0, 0.1) is 0 Å². The third kappa shape index (κ3) is 3.45. The molecule has 2 aromatic rings. The lowest BCUT2D eigenvalue weighted by molar-refractivity contribution is -0.120. The Hall–Kier alpha value is -2.14. The number of methoxy groups -OCH3 is 2. The number of fused-ring (bicyclic) bond motifs is 1. The van der Waals surface area contributed by atoms with E-state index in [-0.39, 0.29) is 11.2 Å². The van der Waals surface area contributed by atoms with Gasteiger partial charge in [-0.1, -0.05) is 24.3 Å². The Bertz CT molecular complexity index is 692. The third-order valence-electron chi connectivity index (χ3n) is 3.85. The van der Waals surface area contributed by atoms with Gasteiger partial charge in [0.25, 0.3) is 0 Å². The van der Waals surface area contributed by atoms with E-state index < -0.39 is 0 Å². The number of amides is 1. The molecule has 1 N–H and O–H groups in total. The fourth-order valence-corrected chi connectivity index (χ4v) is 3.84. The summed E-state index contributed by atoms with van der Waals surface area (Å²) in [5, 5.41) is 2.96. The van der Waals surface area contributed by atoms with Crippen LogP contribution in [-0.4, -0.2) is 25.4 Å². The van der Waals surface area contributed by atoms with Gasteiger partial charge < -0.3 is 14.8 Å². The number of benzene rings is 2. The molecule has 0 saturated heterocycles. The van der Waals surface area contributed by atoms with Gasteiger partial charge in [-0.2, -0.15) is 0 Å². The van der Waals surface area contributed by atoms with Crippen LogP contribution in [0.2, 0.25) is 0 Å². The van der Waals surface area contributed by atoms with Gasteiger partial charge in [0.1, 0.15) is 0 Å². The number of ether oxygens (including phenoxy) is 2. The molecule has 3 rings (SSSR count). The molecule has 1 amide bonds. The normalized spacial score (nSPS) is 15.8. The fraction of sp³-hybridized carbons (Fsp3) is 0.278. The van der Waals surface area contributed by atoms with E-state index in [1.807, 2.05) is 30.3 Å². The molecule has 4 nitrogen and oxygen atoms in total. The largest absolute Gasteiger partial charge is 0.493 e. The van der Waals surface area contributed by atoms with Crippen molar-refractivity contribution in [2.45, 2.75) is 23.1 Å². The van der Waals surface area contributed by atoms with Crippen molar-refractivity contribution in [3.8, 4) is 11.5 Å². The van der Waals surface area contributed by atoms with E-state index in [4.69, 9.17) is 9.47 Å². The Morgan fingerprint density at radius 2 is 1.96 bits per heavy atom. The lowest BCUT2D eigenvalue weighted by Gasteiger charge is -2.12. The second-order valence-electron chi connectivity index (χ2n) is 5.33. The molecule has 0 aliphatic carbocycles. The maximum Gasteiger partial charge on any atom is 0.234 e. The zero-order chi connectivity index (χ0) is 16.2. The van der Waals surface area contributed by atoms with Gasteiger partial charge in [0.05, 0.1) is 19.5 Å². The van der Waals surface area contributed by atoms with Crippen molar-refractivity contribution in [1.29, 1.82) is 0 Å². The molecule has 0 spiro atoms. The van der Waals surface area contributed by atoms with Crippen molar-refractivity contribution >= 4 is 17.7 Å². The van der Waals surface area contributed by atoms with Gasteiger partial charge in [-0.15, -0.1) is 11.8 Å². The highest BCUT2D eigenvalue weighted by Crippen LogP contribution is 2.36. The molecule has 0 bridgehead atoms. The van der Waals surface area contributed by atoms with Crippen LogP contribution < -0.4 is 14.8 Å². The molecular formula is C18H19NO3S. The highest BCUT2D eigenvalue weighted by atomic mass is 32.2. The molecule has 0 unspecified atom stereocenters. The molecule has 0 fully saturated rings. The smallest absolute Gasteiger partial charge is 0.234 e. The Kier molecular flexibility index (Phi) is 4.76. The van der Waals surface area contributed by atoms with Crippen molar-refractivity contribution in [3.05, 3.63) is 53.6 Å². The van der Waals surface area contributed by atoms with Crippen molar-refractivity contribution in [2.24, 2.45) is 0 Å². The van der Waals surface area contributed by atoms with Crippen molar-refractivity contribution in [3.63, 3.8) is 0 Å². The third-order valence-corrected chi connectivity index (χ3v) is 5.17. The van der Waals surface area contributed by atoms with Gasteiger partial charge in [-0.05, 0) is 35.7 Å². The Labute approximate surface area is 140 Å². The first-order valence-electron chi connectivity index (χ1n) is 7.44. The van der Waals surface area contributed by atoms with Crippen molar-refractivity contribution < 1.29 is 14.3 Å². The van der Waals surface area contributed by atoms with Crippen molar-refractivity contribution in [2.75, 3.05) is 14.2 Å². The minimum absolute atomic E-state index is 0.0486. The van der Waals surface area contributed by atoms with E-state index in [0.29, 0.717) is 18.0 Å². The first-order chi connectivity index (χ1) is 11.2. The maximum absolute atomic E-state index is 12.4. The molecule has 120 valence electrons. The maximum atomic E-state index is 12.4. The van der Waals surface area contributed by atoms with Crippen molar-refractivity contribution in [1.82, 2.24) is 5.32 Å². The molecule has 1 heterocycles. The summed E-state index contributed by atoms with van der Waals surface area (Å²) in [5.41, 5.74) is 2.24. The number of nitrogens with one attached hydrogen (secondary N) is 1. The van der Waals surface area contributed by atoms with Crippen LogP contribution in [0.25, 0.3) is 0 Å². The number of carbonyl (C=O) groups is 1. The number of thioether (sulfide) groups is 1. The summed E-state index contributed by atoms with van der Waals surface area (Å²) in [5.74, 6) is 1.42. The molecule has 1 aliphatic heterocycles. The van der Waals surface area contributed by atoms with Gasteiger partial charge in [0, 0.05) is 11.4 Å². The number of rotatable bonds is 5. The quantitative estimate of drug-likeness (QED) is 0.916. The summed E-state index contributed by atoms with van der Waals surface area (Å²) in [4.78, 5) is 13.6. The Balaban J connectivity index is 1.60. The summed E-state index contributed by atoms with van der Waals surface area (Å²) in [7, 11) is 3.21. The van der Waals surface area contributed by atoms with Crippen LogP contribution in [0.4, 0.5) is 0 Å². The van der Waals surface area contributed by atoms with Gasteiger partial charge in [0.15, 0.2) is 11.5 Å². The highest BCUT2D eigenvalue weighted by Gasteiger charge is 2.27. The highest BCUT2D eigenvalue weighted by molar-refractivity contribution is 8.01. The van der Waals surface area contributed by atoms with E-state index in [1.54, 1.807) is 26.0 Å². The van der Waals surface area contributed by atoms with Gasteiger partial charge in [-0.25, -0.2) is 0 Å². The zero-order valence-corrected chi connectivity index (χ0v) is 14.0.